The molecule has 0 spiro atoms. The minimum absolute atomic E-state index is 0.0743. The van der Waals surface area contributed by atoms with Crippen LogP contribution in [0.15, 0.2) is 48.5 Å². The number of carbonyl (C=O) groups excluding carboxylic acids is 2. The van der Waals surface area contributed by atoms with Crippen LogP contribution >= 0.6 is 11.6 Å². The SMILES string of the molecule is CC(=O)N1CCC(C(=O)N(CCCN2CCC(Cc3ccccc3F)CC2)c2cccc(Cl)c2)CC1. The molecule has 5 nitrogen and oxygen atoms in total. The molecule has 0 radical (unpaired) electrons. The van der Waals surface area contributed by atoms with Crippen molar-refractivity contribution in [2.75, 3.05) is 44.2 Å². The van der Waals surface area contributed by atoms with Crippen LogP contribution in [0.4, 0.5) is 10.1 Å². The molecule has 2 aromatic rings. The van der Waals surface area contributed by atoms with Crippen LogP contribution in [0.1, 0.15) is 44.6 Å². The summed E-state index contributed by atoms with van der Waals surface area (Å²) in [6.07, 6.45) is 5.22. The van der Waals surface area contributed by atoms with Gasteiger partial charge in [0.05, 0.1) is 0 Å². The summed E-state index contributed by atoms with van der Waals surface area (Å²) < 4.78 is 14.0. The second-order valence-corrected chi connectivity index (χ2v) is 10.6. The number of hydrogen-bond donors (Lipinski definition) is 0. The Morgan fingerprint density at radius 2 is 1.72 bits per heavy atom. The van der Waals surface area contributed by atoms with Gasteiger partial charge in [0.25, 0.3) is 0 Å². The number of rotatable bonds is 8. The summed E-state index contributed by atoms with van der Waals surface area (Å²) >= 11 is 6.26. The Kier molecular flexibility index (Phi) is 9.38. The summed E-state index contributed by atoms with van der Waals surface area (Å²) in [5, 5.41) is 0.619. The van der Waals surface area contributed by atoms with E-state index in [9.17, 15) is 14.0 Å². The van der Waals surface area contributed by atoms with E-state index in [1.165, 1.54) is 0 Å². The number of halogens is 2. The van der Waals surface area contributed by atoms with Crippen molar-refractivity contribution in [3.8, 4) is 0 Å². The first-order chi connectivity index (χ1) is 17.4. The smallest absolute Gasteiger partial charge is 0.230 e. The summed E-state index contributed by atoms with van der Waals surface area (Å²) in [7, 11) is 0. The van der Waals surface area contributed by atoms with Crippen molar-refractivity contribution in [3.63, 3.8) is 0 Å². The zero-order valence-electron chi connectivity index (χ0n) is 21.2. The van der Waals surface area contributed by atoms with E-state index in [4.69, 9.17) is 11.6 Å². The van der Waals surface area contributed by atoms with Crippen LogP contribution in [0.3, 0.4) is 0 Å². The maximum Gasteiger partial charge on any atom is 0.230 e. The molecule has 2 heterocycles. The fourth-order valence-corrected chi connectivity index (χ4v) is 5.70. The highest BCUT2D eigenvalue weighted by molar-refractivity contribution is 6.30. The molecule has 0 aliphatic carbocycles. The Morgan fingerprint density at radius 1 is 1.00 bits per heavy atom. The Hall–Kier alpha value is -2.44. The molecule has 2 aliphatic heterocycles. The van der Waals surface area contributed by atoms with Gasteiger partial charge in [0, 0.05) is 43.2 Å². The lowest BCUT2D eigenvalue weighted by molar-refractivity contribution is -0.133. The molecule has 2 amide bonds. The third kappa shape index (κ3) is 7.07. The van der Waals surface area contributed by atoms with Crippen molar-refractivity contribution in [1.29, 1.82) is 0 Å². The second-order valence-electron chi connectivity index (χ2n) is 10.2. The van der Waals surface area contributed by atoms with Crippen LogP contribution in [-0.4, -0.2) is 60.9 Å². The largest absolute Gasteiger partial charge is 0.343 e. The van der Waals surface area contributed by atoms with Gasteiger partial charge in [-0.2, -0.15) is 0 Å². The number of benzene rings is 2. The van der Waals surface area contributed by atoms with Crippen molar-refractivity contribution < 1.29 is 14.0 Å². The molecule has 194 valence electrons. The number of hydrogen-bond acceptors (Lipinski definition) is 3. The number of amides is 2. The molecular weight excluding hydrogens is 477 g/mol. The zero-order valence-corrected chi connectivity index (χ0v) is 21.9. The molecule has 2 saturated heterocycles. The molecule has 4 rings (SSSR count). The quantitative estimate of drug-likeness (QED) is 0.473. The normalized spacial score (nSPS) is 17.8. The van der Waals surface area contributed by atoms with Gasteiger partial charge in [-0.3, -0.25) is 9.59 Å². The standard InChI is InChI=1S/C29H37ClFN3O2/c1-22(35)33-18-12-24(13-19-33)29(36)34(27-8-4-7-26(30)21-27)15-5-14-32-16-10-23(11-17-32)20-25-6-2-3-9-28(25)31/h2-4,6-9,21,23-24H,5,10-20H2,1H3. The lowest BCUT2D eigenvalue weighted by Crippen LogP contribution is -2.45. The fourth-order valence-electron chi connectivity index (χ4n) is 5.51. The molecule has 7 heteroatoms. The van der Waals surface area contributed by atoms with Crippen molar-refractivity contribution >= 4 is 29.1 Å². The maximum absolute atomic E-state index is 14.0. The van der Waals surface area contributed by atoms with Gasteiger partial charge in [-0.05, 0) is 93.9 Å². The van der Waals surface area contributed by atoms with Crippen molar-refractivity contribution in [2.24, 2.45) is 11.8 Å². The van der Waals surface area contributed by atoms with Crippen LogP contribution in [-0.2, 0) is 16.0 Å². The first-order valence-corrected chi connectivity index (χ1v) is 13.6. The number of nitrogens with zero attached hydrogens (tertiary/aromatic N) is 3. The third-order valence-corrected chi connectivity index (χ3v) is 7.94. The number of likely N-dealkylation sites (tertiary alicyclic amines) is 2. The Morgan fingerprint density at radius 3 is 2.39 bits per heavy atom. The monoisotopic (exact) mass is 513 g/mol. The van der Waals surface area contributed by atoms with Crippen LogP contribution in [0, 0.1) is 17.7 Å². The van der Waals surface area contributed by atoms with Gasteiger partial charge in [-0.15, -0.1) is 0 Å². The zero-order chi connectivity index (χ0) is 25.5. The van der Waals surface area contributed by atoms with Gasteiger partial charge in [0.15, 0.2) is 0 Å². The van der Waals surface area contributed by atoms with Gasteiger partial charge < -0.3 is 14.7 Å². The van der Waals surface area contributed by atoms with E-state index in [2.05, 4.69) is 4.90 Å². The number of carbonyl (C=O) groups is 2. The molecule has 0 atom stereocenters. The lowest BCUT2D eigenvalue weighted by Gasteiger charge is -2.35. The molecular formula is C29H37ClFN3O2. The molecule has 0 aromatic heterocycles. The first kappa shape index (κ1) is 26.6. The molecule has 2 aromatic carbocycles. The molecule has 36 heavy (non-hydrogen) atoms. The lowest BCUT2D eigenvalue weighted by atomic mass is 9.90. The van der Waals surface area contributed by atoms with Gasteiger partial charge in [0.1, 0.15) is 5.82 Å². The number of piperidine rings is 2. The van der Waals surface area contributed by atoms with E-state index in [0.717, 1.165) is 56.6 Å². The van der Waals surface area contributed by atoms with Crippen LogP contribution in [0.25, 0.3) is 0 Å². The van der Waals surface area contributed by atoms with Gasteiger partial charge in [-0.1, -0.05) is 35.9 Å². The topological polar surface area (TPSA) is 43.9 Å². The summed E-state index contributed by atoms with van der Waals surface area (Å²) in [4.78, 5) is 31.4. The van der Waals surface area contributed by atoms with Gasteiger partial charge >= 0.3 is 0 Å². The molecule has 2 fully saturated rings. The predicted octanol–water partition coefficient (Wildman–Crippen LogP) is 5.42. The van der Waals surface area contributed by atoms with Crippen LogP contribution in [0.5, 0.6) is 0 Å². The maximum atomic E-state index is 14.0. The first-order valence-electron chi connectivity index (χ1n) is 13.2. The van der Waals surface area contributed by atoms with Crippen LogP contribution in [0.2, 0.25) is 5.02 Å². The molecule has 0 saturated carbocycles. The van der Waals surface area contributed by atoms with Crippen molar-refractivity contribution in [1.82, 2.24) is 9.80 Å². The highest BCUT2D eigenvalue weighted by Crippen LogP contribution is 2.27. The molecule has 0 N–H and O–H groups in total. The van der Waals surface area contributed by atoms with E-state index >= 15 is 0 Å². The fraction of sp³-hybridized carbons (Fsp3) is 0.517. The molecule has 0 unspecified atom stereocenters. The summed E-state index contributed by atoms with van der Waals surface area (Å²) in [6.45, 7) is 6.44. The van der Waals surface area contributed by atoms with Gasteiger partial charge in [0.2, 0.25) is 11.8 Å². The summed E-state index contributed by atoms with van der Waals surface area (Å²) in [6, 6.07) is 14.6. The van der Waals surface area contributed by atoms with E-state index in [1.807, 2.05) is 46.2 Å². The van der Waals surface area contributed by atoms with E-state index in [0.29, 0.717) is 43.4 Å². The number of anilines is 1. The Bertz CT molecular complexity index is 1030. The summed E-state index contributed by atoms with van der Waals surface area (Å²) in [5.74, 6) is 0.546. The highest BCUT2D eigenvalue weighted by atomic mass is 35.5. The van der Waals surface area contributed by atoms with E-state index < -0.39 is 0 Å². The highest BCUT2D eigenvalue weighted by Gasteiger charge is 2.30. The average molecular weight is 514 g/mol. The van der Waals surface area contributed by atoms with E-state index in [-0.39, 0.29) is 23.5 Å². The van der Waals surface area contributed by atoms with Crippen molar-refractivity contribution in [3.05, 3.63) is 64.9 Å². The minimum Gasteiger partial charge on any atom is -0.343 e. The van der Waals surface area contributed by atoms with Crippen LogP contribution < -0.4 is 4.90 Å². The predicted molar refractivity (Wildman–Crippen MR) is 143 cm³/mol. The molecule has 0 bridgehead atoms. The molecule has 2 aliphatic rings. The average Bonchev–Trinajstić information content (AvgIpc) is 2.88. The minimum atomic E-state index is -0.0994. The van der Waals surface area contributed by atoms with Gasteiger partial charge in [-0.25, -0.2) is 4.39 Å². The Labute approximate surface area is 219 Å². The summed E-state index contributed by atoms with van der Waals surface area (Å²) in [5.41, 5.74) is 1.66. The van der Waals surface area contributed by atoms with E-state index in [1.54, 1.807) is 19.1 Å². The second kappa shape index (κ2) is 12.7. The Balaban J connectivity index is 1.29. The third-order valence-electron chi connectivity index (χ3n) is 7.71. The van der Waals surface area contributed by atoms with Crippen molar-refractivity contribution in [2.45, 2.75) is 45.4 Å².